The number of carbonyl (C=O) groups is 5. The van der Waals surface area contributed by atoms with E-state index in [1.165, 1.54) is 0 Å². The first-order valence-electron chi connectivity index (χ1n) is 3.25. The number of aliphatic hydroxyl groups is 1. The molecule has 0 aromatic heterocycles. The molecule has 0 spiro atoms. The Morgan fingerprint density at radius 1 is 0.688 bits per heavy atom. The van der Waals surface area contributed by atoms with E-state index in [-0.39, 0.29) is 0 Å². The van der Waals surface area contributed by atoms with Crippen molar-refractivity contribution in [3.63, 3.8) is 0 Å². The number of hydrogen-bond acceptors (Lipinski definition) is 6. The zero-order valence-corrected chi connectivity index (χ0v) is 7.35. The first kappa shape index (κ1) is 16.0. The summed E-state index contributed by atoms with van der Waals surface area (Å²) in [5.41, 5.74) is 0. The van der Waals surface area contributed by atoms with Gasteiger partial charge in [-0.3, -0.25) is 4.79 Å². The van der Waals surface area contributed by atoms with Gasteiger partial charge in [0, 0.05) is 0 Å². The number of carboxylic acid groups (broad SMARTS) is 4. The molecule has 0 aliphatic carbocycles. The van der Waals surface area contributed by atoms with Crippen molar-refractivity contribution in [3.05, 3.63) is 0 Å². The molecule has 0 atom stereocenters. The molecule has 0 unspecified atom stereocenters. The van der Waals surface area contributed by atoms with Crippen molar-refractivity contribution in [2.45, 2.75) is 6.10 Å². The predicted molar refractivity (Wildman–Crippen MR) is 41.6 cm³/mol. The van der Waals surface area contributed by atoms with E-state index in [1.54, 1.807) is 0 Å². The second-order valence-corrected chi connectivity index (χ2v) is 2.02. The van der Waals surface area contributed by atoms with Gasteiger partial charge in [0.2, 0.25) is 6.10 Å². The molecule has 0 fully saturated rings. The zero-order chi connectivity index (χ0) is 13.5. The molecule has 0 rings (SSSR count). The van der Waals surface area contributed by atoms with Gasteiger partial charge in [-0.1, -0.05) is 0 Å². The van der Waals surface area contributed by atoms with Crippen LogP contribution in [0.5, 0.6) is 0 Å². The molecule has 0 saturated carbocycles. The lowest BCUT2D eigenvalue weighted by Crippen LogP contribution is -2.28. The van der Waals surface area contributed by atoms with E-state index >= 15 is 0 Å². The van der Waals surface area contributed by atoms with Gasteiger partial charge in [0.25, 0.3) is 0 Å². The highest BCUT2D eigenvalue weighted by atomic mass is 16.4. The van der Waals surface area contributed by atoms with Crippen LogP contribution in [0.3, 0.4) is 0 Å². The van der Waals surface area contributed by atoms with Crippen LogP contribution in [-0.4, -0.2) is 61.3 Å². The highest BCUT2D eigenvalue weighted by Gasteiger charge is 2.21. The molecule has 10 nitrogen and oxygen atoms in total. The van der Waals surface area contributed by atoms with Gasteiger partial charge < -0.3 is 25.5 Å². The third kappa shape index (κ3) is 6.97. The third-order valence-corrected chi connectivity index (χ3v) is 0.856. The van der Waals surface area contributed by atoms with Gasteiger partial charge in [-0.05, 0) is 0 Å². The molecule has 0 radical (unpaired) electrons. The second kappa shape index (κ2) is 6.89. The number of rotatable bonds is 4. The fourth-order valence-corrected chi connectivity index (χ4v) is 0.197. The summed E-state index contributed by atoms with van der Waals surface area (Å²) in [7, 11) is 0. The van der Waals surface area contributed by atoms with Crippen LogP contribution in [0, 0.1) is 0 Å². The summed E-state index contributed by atoms with van der Waals surface area (Å²) in [6.07, 6.45) is -2.30. The summed E-state index contributed by atoms with van der Waals surface area (Å²) < 4.78 is 0. The van der Waals surface area contributed by atoms with Gasteiger partial charge >= 0.3 is 29.7 Å². The highest BCUT2D eigenvalue weighted by Crippen LogP contribution is 1.79. The molecule has 0 amide bonds. The number of ketones is 1. The molecule has 0 heterocycles. The van der Waals surface area contributed by atoms with Crippen LogP contribution in [0.4, 0.5) is 0 Å². The minimum atomic E-state index is -2.30. The second-order valence-electron chi connectivity index (χ2n) is 2.02. The maximum atomic E-state index is 9.64. The van der Waals surface area contributed by atoms with Crippen molar-refractivity contribution in [1.82, 2.24) is 0 Å². The number of aliphatic carboxylic acids is 4. The Bertz CT molecular complexity index is 298. The number of aliphatic hydroxyl groups excluding tert-OH is 1. The van der Waals surface area contributed by atoms with Crippen molar-refractivity contribution in [2.75, 3.05) is 0 Å². The Morgan fingerprint density at radius 3 is 0.938 bits per heavy atom. The van der Waals surface area contributed by atoms with E-state index in [1.807, 2.05) is 0 Å². The van der Waals surface area contributed by atoms with E-state index in [9.17, 15) is 24.0 Å². The van der Waals surface area contributed by atoms with Gasteiger partial charge in [-0.25, -0.2) is 19.2 Å². The standard InChI is InChI=1S/C3H4O5.C3H2O5/c2*4-1(2(5)6)3(7)8/h1,4H,(H,5,6)(H,7,8);(H,5,6)(H,7,8). The van der Waals surface area contributed by atoms with Crippen molar-refractivity contribution in [3.8, 4) is 0 Å². The SMILES string of the molecule is O=C(O)C(=O)C(=O)O.O=C(O)C(O)C(=O)O. The monoisotopic (exact) mass is 238 g/mol. The molecular formula is C6H6O10. The van der Waals surface area contributed by atoms with Crippen molar-refractivity contribution in [1.29, 1.82) is 0 Å². The lowest BCUT2D eigenvalue weighted by molar-refractivity contribution is -0.161. The lowest BCUT2D eigenvalue weighted by atomic mass is 10.4. The van der Waals surface area contributed by atoms with Crippen molar-refractivity contribution < 1.29 is 49.5 Å². The quantitative estimate of drug-likeness (QED) is 0.253. The predicted octanol–water partition coefficient (Wildman–Crippen LogP) is -2.76. The van der Waals surface area contributed by atoms with Gasteiger partial charge in [-0.2, -0.15) is 0 Å². The van der Waals surface area contributed by atoms with Crippen LogP contribution < -0.4 is 0 Å². The molecule has 90 valence electrons. The largest absolute Gasteiger partial charge is 0.479 e. The summed E-state index contributed by atoms with van der Waals surface area (Å²) in [5.74, 6) is -9.21. The van der Waals surface area contributed by atoms with E-state index in [2.05, 4.69) is 0 Å². The smallest absolute Gasteiger partial charge is 0.384 e. The van der Waals surface area contributed by atoms with Crippen molar-refractivity contribution in [2.24, 2.45) is 0 Å². The lowest BCUT2D eigenvalue weighted by Gasteiger charge is -1.93. The molecule has 0 aliphatic heterocycles. The summed E-state index contributed by atoms with van der Waals surface area (Å²) >= 11 is 0. The minimum Gasteiger partial charge on any atom is -0.479 e. The Hall–Kier alpha value is -2.49. The third-order valence-electron chi connectivity index (χ3n) is 0.856. The Balaban J connectivity index is 0. The maximum Gasteiger partial charge on any atom is 0.384 e. The Morgan fingerprint density at radius 2 is 0.938 bits per heavy atom. The fraction of sp³-hybridized carbons (Fsp3) is 0.167. The summed E-state index contributed by atoms with van der Waals surface area (Å²) in [6, 6.07) is 0. The summed E-state index contributed by atoms with van der Waals surface area (Å²) in [6.45, 7) is 0. The molecule has 0 aromatic carbocycles. The van der Waals surface area contributed by atoms with Gasteiger partial charge in [-0.15, -0.1) is 0 Å². The van der Waals surface area contributed by atoms with Crippen LogP contribution in [0.1, 0.15) is 0 Å². The van der Waals surface area contributed by atoms with E-state index < -0.39 is 35.8 Å². The van der Waals surface area contributed by atoms with Gasteiger partial charge in [0.05, 0.1) is 0 Å². The van der Waals surface area contributed by atoms with E-state index in [0.29, 0.717) is 0 Å². The van der Waals surface area contributed by atoms with Gasteiger partial charge in [0.15, 0.2) is 0 Å². The molecule has 16 heavy (non-hydrogen) atoms. The maximum absolute atomic E-state index is 9.64. The van der Waals surface area contributed by atoms with Crippen LogP contribution in [-0.2, 0) is 24.0 Å². The van der Waals surface area contributed by atoms with Crippen LogP contribution in [0.2, 0.25) is 0 Å². The highest BCUT2D eigenvalue weighted by molar-refractivity contribution is 6.59. The van der Waals surface area contributed by atoms with E-state index in [4.69, 9.17) is 25.5 Å². The number of Topliss-reactive ketones (excluding diaryl/α,β-unsaturated/α-hetero) is 1. The summed E-state index contributed by atoms with van der Waals surface area (Å²) in [5, 5.41) is 38.7. The minimum absolute atomic E-state index is 1.75. The van der Waals surface area contributed by atoms with Crippen LogP contribution in [0.25, 0.3) is 0 Å². The molecule has 10 heteroatoms. The van der Waals surface area contributed by atoms with Gasteiger partial charge in [0.1, 0.15) is 0 Å². The number of carboxylic acids is 4. The average Bonchev–Trinajstić information content (AvgIpc) is 2.15. The molecule has 0 aromatic rings. The molecule has 0 aliphatic rings. The first-order chi connectivity index (χ1) is 7.11. The molecule has 5 N–H and O–H groups in total. The topological polar surface area (TPSA) is 186 Å². The number of carbonyl (C=O) groups excluding carboxylic acids is 1. The Labute approximate surface area is 86.3 Å². The van der Waals surface area contributed by atoms with Crippen LogP contribution in [0.15, 0.2) is 0 Å². The molecular weight excluding hydrogens is 232 g/mol. The molecule has 0 saturated heterocycles. The molecule has 0 bridgehead atoms. The van der Waals surface area contributed by atoms with Crippen molar-refractivity contribution >= 4 is 29.7 Å². The first-order valence-corrected chi connectivity index (χ1v) is 3.25. The summed E-state index contributed by atoms with van der Waals surface area (Å²) in [4.78, 5) is 47.5. The van der Waals surface area contributed by atoms with E-state index in [0.717, 1.165) is 0 Å². The van der Waals surface area contributed by atoms with Crippen LogP contribution >= 0.6 is 0 Å². The Kier molecular flexibility index (Phi) is 6.87. The fourth-order valence-electron chi connectivity index (χ4n) is 0.197. The average molecular weight is 238 g/mol. The number of hydrogen-bond donors (Lipinski definition) is 5. The normalized spacial score (nSPS) is 8.62. The zero-order valence-electron chi connectivity index (χ0n) is 7.35.